The van der Waals surface area contributed by atoms with Crippen molar-refractivity contribution in [2.24, 2.45) is 7.05 Å². The van der Waals surface area contributed by atoms with Gasteiger partial charge in [-0.25, -0.2) is 4.98 Å². The minimum absolute atomic E-state index is 0.0991. The fourth-order valence-corrected chi connectivity index (χ4v) is 1.51. The van der Waals surface area contributed by atoms with E-state index in [4.69, 9.17) is 0 Å². The predicted molar refractivity (Wildman–Crippen MR) is 59.9 cm³/mol. The summed E-state index contributed by atoms with van der Waals surface area (Å²) in [5, 5.41) is 3.00. The van der Waals surface area contributed by atoms with Crippen LogP contribution in [0.5, 0.6) is 0 Å². The van der Waals surface area contributed by atoms with Gasteiger partial charge in [0, 0.05) is 7.05 Å². The van der Waals surface area contributed by atoms with Crippen LogP contribution in [0.2, 0.25) is 0 Å². The van der Waals surface area contributed by atoms with Crippen molar-refractivity contribution >= 4 is 22.8 Å². The first-order valence-electron chi connectivity index (χ1n) is 4.83. The largest absolute Gasteiger partial charge is 0.349 e. The van der Waals surface area contributed by atoms with Crippen LogP contribution in [0.15, 0.2) is 24.3 Å². The van der Waals surface area contributed by atoms with E-state index in [1.54, 1.807) is 6.92 Å². The van der Waals surface area contributed by atoms with Gasteiger partial charge in [0.05, 0.1) is 17.6 Å². The van der Waals surface area contributed by atoms with Crippen LogP contribution in [0.1, 0.15) is 6.92 Å². The number of ketones is 1. The predicted octanol–water partition coefficient (Wildman–Crippen LogP) is 1.57. The molecule has 1 N–H and O–H groups in total. The molecule has 0 unspecified atom stereocenters. The van der Waals surface area contributed by atoms with Gasteiger partial charge in [-0.2, -0.15) is 0 Å². The molecule has 0 radical (unpaired) electrons. The normalized spacial score (nSPS) is 10.5. The lowest BCUT2D eigenvalue weighted by molar-refractivity contribution is -0.115. The maximum absolute atomic E-state index is 10.8. The lowest BCUT2D eigenvalue weighted by atomic mass is 10.3. The summed E-state index contributed by atoms with van der Waals surface area (Å²) in [4.78, 5) is 15.2. The number of carbonyl (C=O) groups excluding carboxylic acids is 1. The zero-order valence-corrected chi connectivity index (χ0v) is 8.82. The summed E-state index contributed by atoms with van der Waals surface area (Å²) in [6, 6.07) is 7.87. The highest BCUT2D eigenvalue weighted by molar-refractivity contribution is 5.82. The van der Waals surface area contributed by atoms with E-state index in [2.05, 4.69) is 10.3 Å². The zero-order valence-electron chi connectivity index (χ0n) is 8.82. The Morgan fingerprint density at radius 1 is 1.47 bits per heavy atom. The Bertz CT molecular complexity index is 502. The quantitative estimate of drug-likeness (QED) is 0.823. The summed E-state index contributed by atoms with van der Waals surface area (Å²) in [7, 11) is 1.93. The molecule has 2 aromatic rings. The van der Waals surface area contributed by atoms with Crippen LogP contribution < -0.4 is 5.32 Å². The molecular weight excluding hydrogens is 190 g/mol. The van der Waals surface area contributed by atoms with Gasteiger partial charge in [0.25, 0.3) is 0 Å². The number of aromatic nitrogens is 2. The highest BCUT2D eigenvalue weighted by Gasteiger charge is 2.06. The molecular formula is C11H13N3O. The first kappa shape index (κ1) is 9.71. The maximum Gasteiger partial charge on any atom is 0.203 e. The second-order valence-electron chi connectivity index (χ2n) is 3.54. The third-order valence-electron chi connectivity index (χ3n) is 2.28. The topological polar surface area (TPSA) is 46.9 Å². The standard InChI is InChI=1S/C11H13N3O/c1-8(15)7-12-11-13-9-5-3-4-6-10(9)14(11)2/h3-6H,7H2,1-2H3,(H,12,13). The number of para-hydroxylation sites is 2. The Morgan fingerprint density at radius 2 is 2.20 bits per heavy atom. The van der Waals surface area contributed by atoms with E-state index in [1.165, 1.54) is 0 Å². The molecule has 0 aliphatic carbocycles. The van der Waals surface area contributed by atoms with Crippen molar-refractivity contribution in [3.8, 4) is 0 Å². The van der Waals surface area contributed by atoms with Crippen molar-refractivity contribution < 1.29 is 4.79 Å². The van der Waals surface area contributed by atoms with Crippen molar-refractivity contribution in [1.29, 1.82) is 0 Å². The minimum atomic E-state index is 0.0991. The molecule has 1 aromatic carbocycles. The molecule has 0 atom stereocenters. The van der Waals surface area contributed by atoms with E-state index in [0.717, 1.165) is 17.0 Å². The Balaban J connectivity index is 2.36. The van der Waals surface area contributed by atoms with Gasteiger partial charge in [-0.05, 0) is 19.1 Å². The fourth-order valence-electron chi connectivity index (χ4n) is 1.51. The van der Waals surface area contributed by atoms with Gasteiger partial charge >= 0.3 is 0 Å². The number of rotatable bonds is 3. The molecule has 0 saturated carbocycles. The molecule has 0 amide bonds. The lowest BCUT2D eigenvalue weighted by Gasteiger charge is -2.02. The van der Waals surface area contributed by atoms with Crippen molar-refractivity contribution in [1.82, 2.24) is 9.55 Å². The smallest absolute Gasteiger partial charge is 0.203 e. The molecule has 15 heavy (non-hydrogen) atoms. The fraction of sp³-hybridized carbons (Fsp3) is 0.273. The molecule has 4 nitrogen and oxygen atoms in total. The van der Waals surface area contributed by atoms with Gasteiger partial charge in [-0.15, -0.1) is 0 Å². The first-order chi connectivity index (χ1) is 7.18. The summed E-state index contributed by atoms with van der Waals surface area (Å²) in [6.07, 6.45) is 0. The van der Waals surface area contributed by atoms with E-state index < -0.39 is 0 Å². The Labute approximate surface area is 87.9 Å². The average molecular weight is 203 g/mol. The number of carbonyl (C=O) groups is 1. The highest BCUT2D eigenvalue weighted by atomic mass is 16.1. The summed E-state index contributed by atoms with van der Waals surface area (Å²) in [5.41, 5.74) is 2.00. The lowest BCUT2D eigenvalue weighted by Crippen LogP contribution is -2.12. The second-order valence-corrected chi connectivity index (χ2v) is 3.54. The molecule has 1 aromatic heterocycles. The minimum Gasteiger partial charge on any atom is -0.349 e. The summed E-state index contributed by atoms with van der Waals surface area (Å²) in [5.74, 6) is 0.827. The van der Waals surface area contributed by atoms with Crippen molar-refractivity contribution in [2.75, 3.05) is 11.9 Å². The molecule has 1 heterocycles. The number of nitrogens with one attached hydrogen (secondary N) is 1. The molecule has 0 aliphatic heterocycles. The molecule has 0 spiro atoms. The van der Waals surface area contributed by atoms with Crippen LogP contribution in [-0.2, 0) is 11.8 Å². The van der Waals surface area contributed by atoms with Gasteiger partial charge in [-0.3, -0.25) is 4.79 Å². The number of nitrogens with zero attached hydrogens (tertiary/aromatic N) is 2. The third kappa shape index (κ3) is 1.83. The van der Waals surface area contributed by atoms with Gasteiger partial charge in [0.1, 0.15) is 5.78 Å². The Morgan fingerprint density at radius 3 is 2.87 bits per heavy atom. The summed E-state index contributed by atoms with van der Waals surface area (Å²) >= 11 is 0. The third-order valence-corrected chi connectivity index (χ3v) is 2.28. The molecule has 0 fully saturated rings. The van der Waals surface area contributed by atoms with Crippen molar-refractivity contribution in [3.63, 3.8) is 0 Å². The monoisotopic (exact) mass is 203 g/mol. The number of hydrogen-bond acceptors (Lipinski definition) is 3. The van der Waals surface area contributed by atoms with E-state index in [0.29, 0.717) is 6.54 Å². The van der Waals surface area contributed by atoms with Crippen LogP contribution >= 0.6 is 0 Å². The zero-order chi connectivity index (χ0) is 10.8. The van der Waals surface area contributed by atoms with E-state index in [9.17, 15) is 4.79 Å². The number of imidazole rings is 1. The molecule has 0 bridgehead atoms. The van der Waals surface area contributed by atoms with E-state index in [-0.39, 0.29) is 5.78 Å². The molecule has 78 valence electrons. The van der Waals surface area contributed by atoms with Crippen LogP contribution in [0.4, 0.5) is 5.95 Å². The number of anilines is 1. The Kier molecular flexibility index (Phi) is 2.41. The molecule has 4 heteroatoms. The van der Waals surface area contributed by atoms with Crippen LogP contribution in [0.25, 0.3) is 11.0 Å². The van der Waals surface area contributed by atoms with Gasteiger partial charge in [0.2, 0.25) is 5.95 Å². The maximum atomic E-state index is 10.8. The number of hydrogen-bond donors (Lipinski definition) is 1. The van der Waals surface area contributed by atoms with Gasteiger partial charge in [0.15, 0.2) is 0 Å². The molecule has 0 aliphatic rings. The molecule has 2 rings (SSSR count). The van der Waals surface area contributed by atoms with Gasteiger partial charge < -0.3 is 9.88 Å². The number of aryl methyl sites for hydroxylation is 1. The van der Waals surface area contributed by atoms with Crippen LogP contribution in [-0.4, -0.2) is 21.9 Å². The number of Topliss-reactive ketones (excluding diaryl/α,β-unsaturated/α-hetero) is 1. The summed E-state index contributed by atoms with van der Waals surface area (Å²) in [6.45, 7) is 1.87. The Hall–Kier alpha value is -1.84. The van der Waals surface area contributed by atoms with E-state index >= 15 is 0 Å². The number of benzene rings is 1. The SMILES string of the molecule is CC(=O)CNc1nc2ccccc2n1C. The average Bonchev–Trinajstić information content (AvgIpc) is 2.54. The second kappa shape index (κ2) is 3.73. The van der Waals surface area contributed by atoms with Gasteiger partial charge in [-0.1, -0.05) is 12.1 Å². The summed E-state index contributed by atoms with van der Waals surface area (Å²) < 4.78 is 1.94. The van der Waals surface area contributed by atoms with Crippen LogP contribution in [0.3, 0.4) is 0 Å². The van der Waals surface area contributed by atoms with Crippen LogP contribution in [0, 0.1) is 0 Å². The molecule has 0 saturated heterocycles. The van der Waals surface area contributed by atoms with Crippen molar-refractivity contribution in [2.45, 2.75) is 6.92 Å². The number of fused-ring (bicyclic) bond motifs is 1. The highest BCUT2D eigenvalue weighted by Crippen LogP contribution is 2.16. The van der Waals surface area contributed by atoms with E-state index in [1.807, 2.05) is 35.9 Å². The van der Waals surface area contributed by atoms with Crippen molar-refractivity contribution in [3.05, 3.63) is 24.3 Å². The first-order valence-corrected chi connectivity index (χ1v) is 4.83.